The number of nitrogens with one attached hydrogen (secondary N) is 2. The second-order valence-electron chi connectivity index (χ2n) is 13.9. The average Bonchev–Trinajstić information content (AvgIpc) is 3.76. The topological polar surface area (TPSA) is 139 Å². The van der Waals surface area contributed by atoms with Crippen molar-refractivity contribution in [2.24, 2.45) is 23.2 Å². The van der Waals surface area contributed by atoms with Gasteiger partial charge in [-0.25, -0.2) is 19.7 Å². The zero-order valence-electron chi connectivity index (χ0n) is 26.4. The highest BCUT2D eigenvalue weighted by molar-refractivity contribution is 7.22. The van der Waals surface area contributed by atoms with Crippen molar-refractivity contribution in [3.63, 3.8) is 0 Å². The molecule has 0 aliphatic heterocycles. The number of benzene rings is 1. The van der Waals surface area contributed by atoms with Crippen molar-refractivity contribution >= 4 is 55.8 Å². The molecule has 10 rings (SSSR count). The molecule has 0 atom stereocenters. The Labute approximate surface area is 280 Å². The van der Waals surface area contributed by atoms with Gasteiger partial charge in [-0.1, -0.05) is 23.5 Å². The summed E-state index contributed by atoms with van der Waals surface area (Å²) in [4.78, 5) is 39.6. The summed E-state index contributed by atoms with van der Waals surface area (Å²) in [5, 5.41) is 21.9. The first-order valence-corrected chi connectivity index (χ1v) is 17.3. The van der Waals surface area contributed by atoms with Gasteiger partial charge in [0.05, 0.1) is 28.2 Å². The molecule has 4 bridgehead atoms. The number of carboxylic acid groups (broad SMARTS) is 1. The Balaban J connectivity index is 1.01. The third kappa shape index (κ3) is 4.85. The molecule has 0 spiro atoms. The summed E-state index contributed by atoms with van der Waals surface area (Å²) in [5.74, 6) is 1.90. The van der Waals surface area contributed by atoms with E-state index in [2.05, 4.69) is 30.3 Å². The number of aromatic carboxylic acids is 1. The van der Waals surface area contributed by atoms with Crippen LogP contribution in [0.3, 0.4) is 0 Å². The van der Waals surface area contributed by atoms with E-state index in [9.17, 15) is 14.7 Å². The lowest BCUT2D eigenvalue weighted by atomic mass is 9.49. The van der Waals surface area contributed by atoms with Crippen LogP contribution in [0, 0.1) is 30.1 Å². The van der Waals surface area contributed by atoms with Gasteiger partial charge in [0.1, 0.15) is 17.2 Å². The van der Waals surface area contributed by atoms with Crippen molar-refractivity contribution in [2.75, 3.05) is 10.6 Å². The third-order valence-electron chi connectivity index (χ3n) is 10.8. The minimum Gasteiger partial charge on any atom is -0.478 e. The minimum absolute atomic E-state index is 0.0952. The number of rotatable bonds is 8. The van der Waals surface area contributed by atoms with Gasteiger partial charge in [0.25, 0.3) is 5.91 Å². The Hall–Kier alpha value is -5.10. The first kappa shape index (κ1) is 29.1. The lowest BCUT2D eigenvalue weighted by molar-refractivity contribution is -0.0638. The largest absolute Gasteiger partial charge is 0.478 e. The van der Waals surface area contributed by atoms with E-state index in [1.165, 1.54) is 49.9 Å². The van der Waals surface area contributed by atoms with Crippen molar-refractivity contribution in [3.8, 4) is 11.1 Å². The average molecular weight is 659 g/mol. The molecular formula is C36H34N8O3S. The number of amides is 1. The van der Waals surface area contributed by atoms with Crippen LogP contribution in [-0.2, 0) is 6.54 Å². The third-order valence-corrected chi connectivity index (χ3v) is 11.7. The highest BCUT2D eigenvalue weighted by Crippen LogP contribution is 2.60. The van der Waals surface area contributed by atoms with Crippen LogP contribution in [0.25, 0.3) is 27.0 Å². The number of hydrogen-bond acceptors (Lipinski definition) is 8. The molecule has 3 N–H and O–H groups in total. The summed E-state index contributed by atoms with van der Waals surface area (Å²) in [7, 11) is 0. The van der Waals surface area contributed by atoms with E-state index in [-0.39, 0.29) is 17.1 Å². The van der Waals surface area contributed by atoms with Gasteiger partial charge in [-0.3, -0.25) is 19.2 Å². The van der Waals surface area contributed by atoms with Crippen molar-refractivity contribution in [2.45, 2.75) is 52.0 Å². The van der Waals surface area contributed by atoms with E-state index in [1.807, 2.05) is 37.3 Å². The summed E-state index contributed by atoms with van der Waals surface area (Å²) in [6, 6.07) is 12.9. The number of aromatic nitrogens is 6. The molecule has 5 heterocycles. The number of imidazole rings is 1. The minimum atomic E-state index is -1.07. The fourth-order valence-electron chi connectivity index (χ4n) is 9.15. The predicted octanol–water partition coefficient (Wildman–Crippen LogP) is 7.42. The van der Waals surface area contributed by atoms with E-state index in [0.717, 1.165) is 45.8 Å². The van der Waals surface area contributed by atoms with Gasteiger partial charge in [-0.15, -0.1) is 0 Å². The van der Waals surface area contributed by atoms with Crippen LogP contribution in [0.15, 0.2) is 67.3 Å². The highest BCUT2D eigenvalue weighted by atomic mass is 32.1. The van der Waals surface area contributed by atoms with Crippen LogP contribution in [-0.4, -0.2) is 46.1 Å². The molecule has 5 aromatic heterocycles. The van der Waals surface area contributed by atoms with Gasteiger partial charge in [-0.05, 0) is 98.9 Å². The zero-order valence-corrected chi connectivity index (χ0v) is 27.2. The van der Waals surface area contributed by atoms with Crippen LogP contribution >= 0.6 is 11.3 Å². The van der Waals surface area contributed by atoms with Crippen LogP contribution in [0.4, 0.5) is 16.8 Å². The van der Waals surface area contributed by atoms with Crippen LogP contribution in [0.1, 0.15) is 64.9 Å². The van der Waals surface area contributed by atoms with Crippen molar-refractivity contribution in [1.82, 2.24) is 29.1 Å². The first-order chi connectivity index (χ1) is 23.3. The molecule has 0 radical (unpaired) electrons. The SMILES string of the molecule is Cc1c(-c2ccn3c(Nc4ncccc4C(=O)Nc4nc5ccccc5s4)cnc3c2C(=O)O)cnn1CC12CC3CC(CC(C3)C1)C2. The maximum absolute atomic E-state index is 13.4. The molecular weight excluding hydrogens is 625 g/mol. The Morgan fingerprint density at radius 3 is 2.50 bits per heavy atom. The zero-order chi connectivity index (χ0) is 32.6. The van der Waals surface area contributed by atoms with Crippen LogP contribution < -0.4 is 10.6 Å². The summed E-state index contributed by atoms with van der Waals surface area (Å²) < 4.78 is 4.76. The molecule has 4 aliphatic rings. The monoisotopic (exact) mass is 658 g/mol. The fourth-order valence-corrected chi connectivity index (χ4v) is 10.0. The highest BCUT2D eigenvalue weighted by Gasteiger charge is 2.51. The van der Waals surface area contributed by atoms with E-state index in [0.29, 0.717) is 33.3 Å². The number of pyridine rings is 2. The molecule has 4 aliphatic carbocycles. The fraction of sp³-hybridized carbons (Fsp3) is 0.333. The standard InChI is InChI=1S/C36H34N8O3S/c1-20-26(17-39-44(20)19-36-14-21-11-22(15-36)13-23(12-21)16-36)24-8-10-43-29(18-38-32(43)30(24)34(46)47)41-31-25(5-4-9-37-31)33(45)42-35-40-27-6-2-3-7-28(27)48-35/h2-10,17-18,21-23H,11-16,19H2,1H3,(H,37,41)(H,46,47)(H,40,42,45). The molecule has 0 unspecified atom stereocenters. The maximum atomic E-state index is 13.4. The number of thiazole rings is 1. The van der Waals surface area contributed by atoms with E-state index in [1.54, 1.807) is 41.3 Å². The lowest BCUT2D eigenvalue weighted by Gasteiger charge is -2.56. The molecule has 242 valence electrons. The lowest BCUT2D eigenvalue weighted by Crippen LogP contribution is -2.48. The molecule has 1 aromatic carbocycles. The van der Waals surface area contributed by atoms with E-state index in [4.69, 9.17) is 5.10 Å². The number of carbonyl (C=O) groups is 2. The Bertz CT molecular complexity index is 2180. The summed E-state index contributed by atoms with van der Waals surface area (Å²) in [6.45, 7) is 2.93. The normalized spacial score (nSPS) is 22.8. The summed E-state index contributed by atoms with van der Waals surface area (Å²) >= 11 is 1.39. The van der Waals surface area contributed by atoms with Gasteiger partial charge in [0.15, 0.2) is 10.8 Å². The Kier molecular flexibility index (Phi) is 6.65. The summed E-state index contributed by atoms with van der Waals surface area (Å²) in [5.41, 5.74) is 4.16. The predicted molar refractivity (Wildman–Crippen MR) is 184 cm³/mol. The van der Waals surface area contributed by atoms with Crippen LogP contribution in [0.5, 0.6) is 0 Å². The van der Waals surface area contributed by atoms with Gasteiger partial charge in [0.2, 0.25) is 0 Å². The molecule has 4 fully saturated rings. The quantitative estimate of drug-likeness (QED) is 0.154. The number of carbonyl (C=O) groups excluding carboxylic acids is 1. The second-order valence-corrected chi connectivity index (χ2v) is 15.0. The molecule has 4 saturated carbocycles. The first-order valence-electron chi connectivity index (χ1n) is 16.5. The Morgan fingerprint density at radius 2 is 1.75 bits per heavy atom. The molecule has 1 amide bonds. The van der Waals surface area contributed by atoms with Gasteiger partial charge in [-0.2, -0.15) is 5.10 Å². The van der Waals surface area contributed by atoms with Gasteiger partial charge < -0.3 is 10.4 Å². The molecule has 6 aromatic rings. The Morgan fingerprint density at radius 1 is 0.979 bits per heavy atom. The number of hydrogen-bond donors (Lipinski definition) is 3. The smallest absolute Gasteiger partial charge is 0.340 e. The molecule has 11 nitrogen and oxygen atoms in total. The summed E-state index contributed by atoms with van der Waals surface area (Å²) in [6.07, 6.45) is 14.8. The number of para-hydroxylation sites is 1. The number of anilines is 3. The van der Waals surface area contributed by atoms with Crippen LogP contribution in [0.2, 0.25) is 0 Å². The van der Waals surface area contributed by atoms with E-state index < -0.39 is 5.97 Å². The molecule has 12 heteroatoms. The molecule has 48 heavy (non-hydrogen) atoms. The van der Waals surface area contributed by atoms with Crippen molar-refractivity contribution in [1.29, 1.82) is 0 Å². The molecule has 0 saturated heterocycles. The number of nitrogens with zero attached hydrogens (tertiary/aromatic N) is 6. The van der Waals surface area contributed by atoms with Gasteiger partial charge >= 0.3 is 5.97 Å². The second kappa shape index (κ2) is 11.0. The van der Waals surface area contributed by atoms with Crippen molar-refractivity contribution < 1.29 is 14.7 Å². The number of carboxylic acids is 1. The number of fused-ring (bicyclic) bond motifs is 2. The van der Waals surface area contributed by atoms with E-state index >= 15 is 0 Å². The van der Waals surface area contributed by atoms with Crippen molar-refractivity contribution in [3.05, 3.63) is 84.1 Å². The maximum Gasteiger partial charge on any atom is 0.340 e. The van der Waals surface area contributed by atoms with Gasteiger partial charge in [0, 0.05) is 35.8 Å².